The Hall–Kier alpha value is -1.94. The van der Waals surface area contributed by atoms with Gasteiger partial charge in [0.1, 0.15) is 19.3 Å². The van der Waals surface area contributed by atoms with Gasteiger partial charge in [0, 0.05) is 25.7 Å². The van der Waals surface area contributed by atoms with Gasteiger partial charge in [0.15, 0.2) is 12.2 Å². The Balaban J connectivity index is 5.18. The molecule has 0 saturated heterocycles. The second-order valence-electron chi connectivity index (χ2n) is 30.9. The highest BCUT2D eigenvalue weighted by Gasteiger charge is 2.30. The van der Waals surface area contributed by atoms with Crippen molar-refractivity contribution in [3.63, 3.8) is 0 Å². The molecule has 0 saturated carbocycles. The topological polar surface area (TPSA) is 237 Å². The first-order valence-electron chi connectivity index (χ1n) is 43.5. The molecular weight excluding hydrogens is 1340 g/mol. The Labute approximate surface area is 632 Å². The summed E-state index contributed by atoms with van der Waals surface area (Å²) in [6.45, 7) is 9.73. The summed E-state index contributed by atoms with van der Waals surface area (Å²) in [4.78, 5) is 73.0. The van der Waals surface area contributed by atoms with Crippen LogP contribution >= 0.6 is 15.6 Å². The number of unbranched alkanes of at least 4 members (excludes halogenated alkanes) is 52. The van der Waals surface area contributed by atoms with Crippen LogP contribution in [0.25, 0.3) is 0 Å². The van der Waals surface area contributed by atoms with Crippen LogP contribution in [0.1, 0.15) is 446 Å². The zero-order valence-corrected chi connectivity index (χ0v) is 69.4. The van der Waals surface area contributed by atoms with E-state index in [0.717, 1.165) is 108 Å². The van der Waals surface area contributed by atoms with Crippen molar-refractivity contribution in [2.24, 2.45) is 11.8 Å². The average Bonchev–Trinajstić information content (AvgIpc) is 0.933. The van der Waals surface area contributed by atoms with E-state index in [1.807, 2.05) is 0 Å². The molecule has 0 heterocycles. The van der Waals surface area contributed by atoms with Crippen molar-refractivity contribution in [1.82, 2.24) is 0 Å². The van der Waals surface area contributed by atoms with Gasteiger partial charge in [-0.05, 0) is 37.5 Å². The van der Waals surface area contributed by atoms with Crippen LogP contribution in [0.3, 0.4) is 0 Å². The van der Waals surface area contributed by atoms with Gasteiger partial charge in [0.2, 0.25) is 0 Å². The molecule has 3 unspecified atom stereocenters. The molecule has 0 aromatic rings. The lowest BCUT2D eigenvalue weighted by molar-refractivity contribution is -0.161. The van der Waals surface area contributed by atoms with E-state index in [0.29, 0.717) is 25.7 Å². The number of aliphatic hydroxyl groups is 1. The number of esters is 4. The van der Waals surface area contributed by atoms with E-state index >= 15 is 0 Å². The summed E-state index contributed by atoms with van der Waals surface area (Å²) in [6, 6.07) is 0. The molecule has 0 radical (unpaired) electrons. The maximum absolute atomic E-state index is 13.1. The number of hydrogen-bond donors (Lipinski definition) is 3. The highest BCUT2D eigenvalue weighted by atomic mass is 31.2. The predicted molar refractivity (Wildman–Crippen MR) is 423 cm³/mol. The normalized spacial score (nSPS) is 14.1. The van der Waals surface area contributed by atoms with Crippen molar-refractivity contribution in [3.8, 4) is 0 Å². The number of rotatable bonds is 83. The molecule has 0 aromatic heterocycles. The summed E-state index contributed by atoms with van der Waals surface area (Å²) >= 11 is 0. The highest BCUT2D eigenvalue weighted by molar-refractivity contribution is 7.47. The Bertz CT molecular complexity index is 1980. The number of ether oxygens (including phenoxy) is 4. The fourth-order valence-electron chi connectivity index (χ4n) is 13.0. The maximum atomic E-state index is 13.1. The lowest BCUT2D eigenvalue weighted by Crippen LogP contribution is -2.30. The van der Waals surface area contributed by atoms with E-state index in [1.165, 1.54) is 257 Å². The molecule has 6 atom stereocenters. The number of hydrogen-bond acceptors (Lipinski definition) is 15. The number of aliphatic hydroxyl groups excluding tert-OH is 1. The van der Waals surface area contributed by atoms with Gasteiger partial charge < -0.3 is 33.8 Å². The second kappa shape index (κ2) is 75.5. The summed E-state index contributed by atoms with van der Waals surface area (Å²) in [5.74, 6) is -0.423. The first kappa shape index (κ1) is 101. The van der Waals surface area contributed by atoms with E-state index in [1.54, 1.807) is 0 Å². The van der Waals surface area contributed by atoms with Gasteiger partial charge in [0.05, 0.1) is 26.4 Å². The van der Waals surface area contributed by atoms with Crippen LogP contribution < -0.4 is 0 Å². The van der Waals surface area contributed by atoms with Crippen LogP contribution in [0, 0.1) is 11.8 Å². The fraction of sp³-hybridized carbons (Fsp3) is 0.952. The summed E-state index contributed by atoms with van der Waals surface area (Å²) < 4.78 is 68.7. The molecule has 3 N–H and O–H groups in total. The van der Waals surface area contributed by atoms with Crippen LogP contribution in [0.15, 0.2) is 0 Å². The highest BCUT2D eigenvalue weighted by Crippen LogP contribution is 2.45. The van der Waals surface area contributed by atoms with Gasteiger partial charge in [-0.25, -0.2) is 9.13 Å². The van der Waals surface area contributed by atoms with Crippen molar-refractivity contribution < 1.29 is 80.2 Å². The zero-order valence-electron chi connectivity index (χ0n) is 67.6. The van der Waals surface area contributed by atoms with E-state index < -0.39 is 97.5 Å². The van der Waals surface area contributed by atoms with Crippen LogP contribution in [0.5, 0.6) is 0 Å². The van der Waals surface area contributed by atoms with Crippen molar-refractivity contribution in [2.75, 3.05) is 39.6 Å². The summed E-state index contributed by atoms with van der Waals surface area (Å²) in [5.41, 5.74) is 0. The van der Waals surface area contributed by atoms with Crippen molar-refractivity contribution in [3.05, 3.63) is 0 Å². The number of phosphoric ester groups is 2. The SMILES string of the molecule is CCCCCCCCCCCCCCCCC(=O)O[C@H](COC(=O)CCCCCCCCCC)COP(=O)(O)OC[C@H](O)COP(=O)(O)OC[C@@H](COC(=O)CCCCCCCCCCCCCCCCCCC(C)C)OC(=O)CCCCCCCCCCCCCCCCCCCCC(C)CC. The average molecular weight is 1510 g/mol. The van der Waals surface area contributed by atoms with Gasteiger partial charge in [-0.1, -0.05) is 395 Å². The summed E-state index contributed by atoms with van der Waals surface area (Å²) in [6.07, 6.45) is 66.7. The maximum Gasteiger partial charge on any atom is 0.472 e. The zero-order chi connectivity index (χ0) is 75.6. The minimum Gasteiger partial charge on any atom is -0.462 e. The Morgan fingerprint density at radius 3 is 0.738 bits per heavy atom. The van der Waals surface area contributed by atoms with Crippen molar-refractivity contribution in [1.29, 1.82) is 0 Å². The predicted octanol–water partition coefficient (Wildman–Crippen LogP) is 25.5. The molecule has 0 aromatic carbocycles. The molecule has 0 fully saturated rings. The standard InChI is InChI=1S/C84H164O17P2/c1-7-10-12-14-16-18-19-20-33-39-44-50-56-62-68-83(88)100-79(72-94-81(86)66-60-54-48-17-15-13-11-8-2)74-98-102(90,91)96-70-78(85)71-97-103(92,93)99-75-80(73-95-82(87)67-61-55-49-43-38-34-29-26-25-27-31-36-41-46-52-58-64-76(4)5)101-84(89)69-63-57-51-45-40-35-30-24-22-21-23-28-32-37-42-47-53-59-65-77(6)9-3/h76-80,85H,7-75H2,1-6H3,(H,90,91)(H,92,93)/t77?,78-,79+,80+/m0/s1. The first-order valence-corrected chi connectivity index (χ1v) is 46.5. The smallest absolute Gasteiger partial charge is 0.462 e. The van der Waals surface area contributed by atoms with E-state index in [-0.39, 0.29) is 25.7 Å². The quantitative estimate of drug-likeness (QED) is 0.0222. The monoisotopic (exact) mass is 1510 g/mol. The van der Waals surface area contributed by atoms with Gasteiger partial charge in [-0.2, -0.15) is 0 Å². The third-order valence-electron chi connectivity index (χ3n) is 20.1. The van der Waals surface area contributed by atoms with Crippen molar-refractivity contribution >= 4 is 39.5 Å². The molecule has 0 aliphatic heterocycles. The molecule has 19 heteroatoms. The van der Waals surface area contributed by atoms with Crippen molar-refractivity contribution in [2.45, 2.75) is 464 Å². The summed E-state index contributed by atoms with van der Waals surface area (Å²) in [7, 11) is -9.92. The molecule has 0 rings (SSSR count). The first-order chi connectivity index (χ1) is 49.9. The summed E-state index contributed by atoms with van der Waals surface area (Å²) in [5, 5.41) is 10.6. The van der Waals surface area contributed by atoms with Crippen LogP contribution in [0.2, 0.25) is 0 Å². The van der Waals surface area contributed by atoms with E-state index in [2.05, 4.69) is 41.5 Å². The van der Waals surface area contributed by atoms with Crippen LogP contribution in [0.4, 0.5) is 0 Å². The molecule has 0 aliphatic rings. The molecule has 612 valence electrons. The minimum absolute atomic E-state index is 0.108. The number of carbonyl (C=O) groups excluding carboxylic acids is 4. The molecule has 0 spiro atoms. The van der Waals surface area contributed by atoms with Crippen LogP contribution in [-0.4, -0.2) is 96.7 Å². The lowest BCUT2D eigenvalue weighted by atomic mass is 9.99. The molecule has 0 bridgehead atoms. The minimum atomic E-state index is -4.96. The number of phosphoric acid groups is 2. The third-order valence-corrected chi connectivity index (χ3v) is 22.0. The molecular formula is C84H164O17P2. The van der Waals surface area contributed by atoms with Gasteiger partial charge >= 0.3 is 39.5 Å². The van der Waals surface area contributed by atoms with Gasteiger partial charge in [-0.3, -0.25) is 37.3 Å². The largest absolute Gasteiger partial charge is 0.472 e. The lowest BCUT2D eigenvalue weighted by Gasteiger charge is -2.21. The van der Waals surface area contributed by atoms with Gasteiger partial charge in [-0.15, -0.1) is 0 Å². The molecule has 0 aliphatic carbocycles. The Morgan fingerprint density at radius 1 is 0.282 bits per heavy atom. The Kier molecular flexibility index (Phi) is 74.1. The Morgan fingerprint density at radius 2 is 0.495 bits per heavy atom. The van der Waals surface area contributed by atoms with E-state index in [4.69, 9.17) is 37.0 Å². The van der Waals surface area contributed by atoms with Crippen LogP contribution in [-0.2, 0) is 65.4 Å². The molecule has 0 amide bonds. The third kappa shape index (κ3) is 76.6. The molecule has 17 nitrogen and oxygen atoms in total. The number of carbonyl (C=O) groups is 4. The second-order valence-corrected chi connectivity index (χ2v) is 33.8. The molecule has 103 heavy (non-hydrogen) atoms. The fourth-order valence-corrected chi connectivity index (χ4v) is 14.6. The van der Waals surface area contributed by atoms with E-state index in [9.17, 15) is 43.2 Å². The van der Waals surface area contributed by atoms with Gasteiger partial charge in [0.25, 0.3) is 0 Å².